The molecular formula is C16H24N2. The molecule has 0 atom stereocenters. The van der Waals surface area contributed by atoms with Crippen LogP contribution in [0, 0.1) is 12.3 Å². The lowest BCUT2D eigenvalue weighted by Gasteiger charge is -2.41. The Labute approximate surface area is 110 Å². The third kappa shape index (κ3) is 2.07. The lowest BCUT2D eigenvalue weighted by atomic mass is 9.76. The van der Waals surface area contributed by atoms with Gasteiger partial charge < -0.3 is 4.90 Å². The van der Waals surface area contributed by atoms with E-state index < -0.39 is 0 Å². The maximum atomic E-state index is 4.65. The zero-order chi connectivity index (χ0) is 12.8. The van der Waals surface area contributed by atoms with Crippen LogP contribution in [0.4, 0.5) is 0 Å². The van der Waals surface area contributed by atoms with E-state index in [9.17, 15) is 0 Å². The van der Waals surface area contributed by atoms with Gasteiger partial charge in [-0.05, 0) is 76.1 Å². The summed E-state index contributed by atoms with van der Waals surface area (Å²) in [5, 5.41) is 0. The van der Waals surface area contributed by atoms with Crippen LogP contribution in [0.25, 0.3) is 0 Å². The summed E-state index contributed by atoms with van der Waals surface area (Å²) in [6, 6.07) is 3.05. The molecule has 0 aromatic carbocycles. The molecule has 0 bridgehead atoms. The fourth-order valence-electron chi connectivity index (χ4n) is 3.66. The SMILES string of the molecule is Cc1cnc2c(c1)CC1(CCN(C(C)C)CC1)C2. The first-order chi connectivity index (χ1) is 8.58. The molecule has 0 N–H and O–H groups in total. The Morgan fingerprint density at radius 3 is 2.61 bits per heavy atom. The highest BCUT2D eigenvalue weighted by Crippen LogP contribution is 2.44. The van der Waals surface area contributed by atoms with Gasteiger partial charge in [0.25, 0.3) is 0 Å². The number of fused-ring (bicyclic) bond motifs is 1. The number of nitrogens with zero attached hydrogens (tertiary/aromatic N) is 2. The van der Waals surface area contributed by atoms with Crippen molar-refractivity contribution in [3.05, 3.63) is 29.1 Å². The van der Waals surface area contributed by atoms with E-state index in [1.165, 1.54) is 55.6 Å². The molecule has 0 radical (unpaired) electrons. The van der Waals surface area contributed by atoms with E-state index in [4.69, 9.17) is 0 Å². The number of aromatic nitrogens is 1. The summed E-state index contributed by atoms with van der Waals surface area (Å²) in [5.74, 6) is 0. The van der Waals surface area contributed by atoms with Crippen molar-refractivity contribution in [1.29, 1.82) is 0 Å². The monoisotopic (exact) mass is 244 g/mol. The van der Waals surface area contributed by atoms with Gasteiger partial charge in [-0.1, -0.05) is 6.07 Å². The highest BCUT2D eigenvalue weighted by molar-refractivity contribution is 5.32. The summed E-state index contributed by atoms with van der Waals surface area (Å²) < 4.78 is 0. The Hall–Kier alpha value is -0.890. The molecule has 1 fully saturated rings. The zero-order valence-corrected chi connectivity index (χ0v) is 11.9. The fraction of sp³-hybridized carbons (Fsp3) is 0.688. The molecule has 2 aliphatic rings. The highest BCUT2D eigenvalue weighted by atomic mass is 15.2. The van der Waals surface area contributed by atoms with Crippen LogP contribution < -0.4 is 0 Å². The maximum Gasteiger partial charge on any atom is 0.0441 e. The molecule has 2 nitrogen and oxygen atoms in total. The van der Waals surface area contributed by atoms with Crippen LogP contribution >= 0.6 is 0 Å². The molecule has 1 aromatic heterocycles. The molecule has 2 heteroatoms. The quantitative estimate of drug-likeness (QED) is 0.755. The molecule has 98 valence electrons. The standard InChI is InChI=1S/C16H24N2/c1-12(2)18-6-4-16(5-7-18)9-14-8-13(3)11-17-15(14)10-16/h8,11-12H,4-7,9-10H2,1-3H3. The average Bonchev–Trinajstić information content (AvgIpc) is 2.66. The zero-order valence-electron chi connectivity index (χ0n) is 11.9. The van der Waals surface area contributed by atoms with Gasteiger partial charge in [-0.25, -0.2) is 0 Å². The van der Waals surface area contributed by atoms with Gasteiger partial charge in [-0.2, -0.15) is 0 Å². The third-order valence-electron chi connectivity index (χ3n) is 4.89. The van der Waals surface area contributed by atoms with Crippen molar-refractivity contribution in [1.82, 2.24) is 9.88 Å². The number of aryl methyl sites for hydroxylation is 1. The van der Waals surface area contributed by atoms with Crippen molar-refractivity contribution in [3.63, 3.8) is 0 Å². The molecule has 0 amide bonds. The number of likely N-dealkylation sites (tertiary alicyclic amines) is 1. The number of hydrogen-bond donors (Lipinski definition) is 0. The van der Waals surface area contributed by atoms with Crippen molar-refractivity contribution >= 4 is 0 Å². The molecule has 3 rings (SSSR count). The van der Waals surface area contributed by atoms with E-state index in [-0.39, 0.29) is 0 Å². The second-order valence-corrected chi connectivity index (χ2v) is 6.60. The Balaban J connectivity index is 1.74. The van der Waals surface area contributed by atoms with E-state index in [1.807, 2.05) is 6.20 Å². The van der Waals surface area contributed by atoms with E-state index in [0.717, 1.165) is 0 Å². The Bertz CT molecular complexity index is 442. The fourth-order valence-corrected chi connectivity index (χ4v) is 3.66. The first kappa shape index (κ1) is 12.2. The molecular weight excluding hydrogens is 220 g/mol. The first-order valence-electron chi connectivity index (χ1n) is 7.26. The third-order valence-corrected chi connectivity index (χ3v) is 4.89. The molecule has 1 aromatic rings. The second kappa shape index (κ2) is 4.34. The van der Waals surface area contributed by atoms with Gasteiger partial charge >= 0.3 is 0 Å². The minimum atomic E-state index is 0.536. The molecule has 18 heavy (non-hydrogen) atoms. The highest BCUT2D eigenvalue weighted by Gasteiger charge is 2.40. The van der Waals surface area contributed by atoms with E-state index >= 15 is 0 Å². The average molecular weight is 244 g/mol. The van der Waals surface area contributed by atoms with Gasteiger partial charge in [0.15, 0.2) is 0 Å². The van der Waals surface area contributed by atoms with Crippen LogP contribution in [-0.2, 0) is 12.8 Å². The lowest BCUT2D eigenvalue weighted by Crippen LogP contribution is -2.43. The van der Waals surface area contributed by atoms with Gasteiger partial charge in [-0.3, -0.25) is 4.98 Å². The summed E-state index contributed by atoms with van der Waals surface area (Å²) in [6.07, 6.45) is 7.21. The van der Waals surface area contributed by atoms with Crippen molar-refractivity contribution in [3.8, 4) is 0 Å². The minimum Gasteiger partial charge on any atom is -0.301 e. The van der Waals surface area contributed by atoms with Gasteiger partial charge in [0, 0.05) is 17.9 Å². The van der Waals surface area contributed by atoms with E-state index in [2.05, 4.69) is 36.7 Å². The summed E-state index contributed by atoms with van der Waals surface area (Å²) in [5.41, 5.74) is 4.74. The van der Waals surface area contributed by atoms with E-state index in [1.54, 1.807) is 0 Å². The minimum absolute atomic E-state index is 0.536. The largest absolute Gasteiger partial charge is 0.301 e. The van der Waals surface area contributed by atoms with Gasteiger partial charge in [-0.15, -0.1) is 0 Å². The van der Waals surface area contributed by atoms with Crippen LogP contribution in [0.5, 0.6) is 0 Å². The number of rotatable bonds is 1. The first-order valence-corrected chi connectivity index (χ1v) is 7.26. The smallest absolute Gasteiger partial charge is 0.0441 e. The van der Waals surface area contributed by atoms with Crippen molar-refractivity contribution in [2.45, 2.75) is 52.5 Å². The van der Waals surface area contributed by atoms with Crippen LogP contribution in [0.1, 0.15) is 43.5 Å². The predicted octanol–water partition coefficient (Wildman–Crippen LogP) is 2.98. The van der Waals surface area contributed by atoms with Crippen molar-refractivity contribution < 1.29 is 0 Å². The van der Waals surface area contributed by atoms with E-state index in [0.29, 0.717) is 11.5 Å². The number of piperidine rings is 1. The van der Waals surface area contributed by atoms with Crippen molar-refractivity contribution in [2.24, 2.45) is 5.41 Å². The number of pyridine rings is 1. The molecule has 1 aliphatic carbocycles. The topological polar surface area (TPSA) is 16.1 Å². The summed E-state index contributed by atoms with van der Waals surface area (Å²) >= 11 is 0. The molecule has 1 spiro atoms. The van der Waals surface area contributed by atoms with Crippen LogP contribution in [0.3, 0.4) is 0 Å². The van der Waals surface area contributed by atoms with Gasteiger partial charge in [0.2, 0.25) is 0 Å². The molecule has 1 aliphatic heterocycles. The lowest BCUT2D eigenvalue weighted by molar-refractivity contribution is 0.0891. The molecule has 0 unspecified atom stereocenters. The van der Waals surface area contributed by atoms with Crippen molar-refractivity contribution in [2.75, 3.05) is 13.1 Å². The maximum absolute atomic E-state index is 4.65. The summed E-state index contributed by atoms with van der Waals surface area (Å²) in [4.78, 5) is 7.27. The normalized spacial score (nSPS) is 22.7. The van der Waals surface area contributed by atoms with Gasteiger partial charge in [0.1, 0.15) is 0 Å². The van der Waals surface area contributed by atoms with Crippen LogP contribution in [0.2, 0.25) is 0 Å². The molecule has 0 saturated carbocycles. The Kier molecular flexibility index (Phi) is 2.93. The summed E-state index contributed by atoms with van der Waals surface area (Å²) in [7, 11) is 0. The van der Waals surface area contributed by atoms with Crippen LogP contribution in [0.15, 0.2) is 12.3 Å². The molecule has 2 heterocycles. The van der Waals surface area contributed by atoms with Gasteiger partial charge in [0.05, 0.1) is 0 Å². The Morgan fingerprint density at radius 1 is 1.22 bits per heavy atom. The second-order valence-electron chi connectivity index (χ2n) is 6.60. The molecule has 1 saturated heterocycles. The summed E-state index contributed by atoms with van der Waals surface area (Å²) in [6.45, 7) is 9.31. The number of hydrogen-bond acceptors (Lipinski definition) is 2. The predicted molar refractivity (Wildman–Crippen MR) is 74.8 cm³/mol. The van der Waals surface area contributed by atoms with Crippen LogP contribution in [-0.4, -0.2) is 29.0 Å². The Morgan fingerprint density at radius 2 is 1.94 bits per heavy atom.